The summed E-state index contributed by atoms with van der Waals surface area (Å²) in [6.45, 7) is 4.24. The molecule has 0 radical (unpaired) electrons. The summed E-state index contributed by atoms with van der Waals surface area (Å²) in [5, 5.41) is 4.60. The number of nitrogens with two attached hydrogens (primary N) is 1. The third-order valence-corrected chi connectivity index (χ3v) is 3.54. The molecule has 4 heteroatoms. The molecule has 0 spiro atoms. The van der Waals surface area contributed by atoms with Crippen LogP contribution in [0.1, 0.15) is 25.3 Å². The minimum atomic E-state index is 0.568. The van der Waals surface area contributed by atoms with Crippen molar-refractivity contribution in [3.05, 3.63) is 5.56 Å². The zero-order valence-electron chi connectivity index (χ0n) is 8.00. The highest BCUT2D eigenvalue weighted by Crippen LogP contribution is 2.35. The van der Waals surface area contributed by atoms with Crippen LogP contribution in [0.4, 0.5) is 10.8 Å². The van der Waals surface area contributed by atoms with Gasteiger partial charge in [0.15, 0.2) is 0 Å². The molecule has 1 aromatic heterocycles. The quantitative estimate of drug-likeness (QED) is 0.781. The predicted octanol–water partition coefficient (Wildman–Crippen LogP) is 2.24. The lowest BCUT2D eigenvalue weighted by Crippen LogP contribution is -2.16. The van der Waals surface area contributed by atoms with Gasteiger partial charge in [0.2, 0.25) is 0 Å². The lowest BCUT2D eigenvalue weighted by Gasteiger charge is -2.12. The Morgan fingerprint density at radius 3 is 2.77 bits per heavy atom. The predicted molar refractivity (Wildman–Crippen MR) is 57.1 cm³/mol. The van der Waals surface area contributed by atoms with E-state index >= 15 is 0 Å². The van der Waals surface area contributed by atoms with Gasteiger partial charge in [-0.3, -0.25) is 0 Å². The number of aromatic nitrogens is 1. The first-order valence-electron chi connectivity index (χ1n) is 4.66. The molecule has 2 rings (SSSR count). The molecule has 3 N–H and O–H groups in total. The summed E-state index contributed by atoms with van der Waals surface area (Å²) < 4.78 is 4.11. The number of nitrogen functional groups attached to an aromatic ring is 1. The smallest absolute Gasteiger partial charge is 0.142 e. The van der Waals surface area contributed by atoms with Gasteiger partial charge in [-0.1, -0.05) is 0 Å². The van der Waals surface area contributed by atoms with Gasteiger partial charge in [-0.15, -0.1) is 0 Å². The minimum absolute atomic E-state index is 0.568. The second-order valence-electron chi connectivity index (χ2n) is 3.79. The normalized spacial score (nSPS) is 18.6. The van der Waals surface area contributed by atoms with Crippen molar-refractivity contribution in [3.63, 3.8) is 0 Å². The highest BCUT2D eigenvalue weighted by Gasteiger charge is 2.28. The Labute approximate surface area is 82.5 Å². The summed E-state index contributed by atoms with van der Waals surface area (Å²) in [5.41, 5.74) is 6.76. The van der Waals surface area contributed by atoms with Crippen molar-refractivity contribution in [1.29, 1.82) is 0 Å². The summed E-state index contributed by atoms with van der Waals surface area (Å²) in [5.74, 6) is 1.53. The Morgan fingerprint density at radius 1 is 1.62 bits per heavy atom. The van der Waals surface area contributed by atoms with Crippen LogP contribution in [0.5, 0.6) is 0 Å². The van der Waals surface area contributed by atoms with Crippen molar-refractivity contribution in [2.24, 2.45) is 5.92 Å². The molecule has 1 fully saturated rings. The molecule has 0 amide bonds. The third-order valence-electron chi connectivity index (χ3n) is 2.65. The maximum atomic E-state index is 5.67. The largest absolute Gasteiger partial charge is 0.383 e. The zero-order valence-corrected chi connectivity index (χ0v) is 8.82. The number of nitrogens with one attached hydrogen (secondary N) is 1. The highest BCUT2D eigenvalue weighted by molar-refractivity contribution is 7.10. The monoisotopic (exact) mass is 197 g/mol. The average molecular weight is 197 g/mol. The molecule has 1 saturated carbocycles. The minimum Gasteiger partial charge on any atom is -0.383 e. The van der Waals surface area contributed by atoms with Crippen LogP contribution in [0.2, 0.25) is 0 Å². The molecule has 72 valence electrons. The molecule has 1 unspecified atom stereocenters. The number of hydrogen-bond acceptors (Lipinski definition) is 4. The SMILES string of the molecule is Cc1c(N)nsc1NC(C)C1CC1. The van der Waals surface area contributed by atoms with Crippen molar-refractivity contribution >= 4 is 22.4 Å². The zero-order chi connectivity index (χ0) is 9.42. The number of hydrogen-bond donors (Lipinski definition) is 2. The van der Waals surface area contributed by atoms with Crippen LogP contribution < -0.4 is 11.1 Å². The Hall–Kier alpha value is -0.770. The Kier molecular flexibility index (Phi) is 2.15. The molecular weight excluding hydrogens is 182 g/mol. The average Bonchev–Trinajstić information content (AvgIpc) is 2.89. The third kappa shape index (κ3) is 1.77. The van der Waals surface area contributed by atoms with E-state index in [1.54, 1.807) is 0 Å². The number of nitrogens with zero attached hydrogens (tertiary/aromatic N) is 1. The van der Waals surface area contributed by atoms with Crippen molar-refractivity contribution < 1.29 is 0 Å². The number of anilines is 2. The molecule has 13 heavy (non-hydrogen) atoms. The van der Waals surface area contributed by atoms with Gasteiger partial charge in [0, 0.05) is 11.6 Å². The molecule has 0 aliphatic heterocycles. The van der Waals surface area contributed by atoms with E-state index in [-0.39, 0.29) is 0 Å². The van der Waals surface area contributed by atoms with E-state index in [4.69, 9.17) is 5.73 Å². The van der Waals surface area contributed by atoms with Gasteiger partial charge in [0.25, 0.3) is 0 Å². The molecule has 1 atom stereocenters. The van der Waals surface area contributed by atoms with Crippen LogP contribution in [-0.4, -0.2) is 10.4 Å². The maximum absolute atomic E-state index is 5.67. The molecular formula is C9H15N3S. The molecule has 0 bridgehead atoms. The van der Waals surface area contributed by atoms with E-state index in [1.807, 2.05) is 6.92 Å². The summed E-state index contributed by atoms with van der Waals surface area (Å²) in [6, 6.07) is 0.568. The molecule has 1 heterocycles. The van der Waals surface area contributed by atoms with Gasteiger partial charge in [-0.25, -0.2) is 0 Å². The van der Waals surface area contributed by atoms with E-state index in [0.717, 1.165) is 16.5 Å². The van der Waals surface area contributed by atoms with E-state index in [9.17, 15) is 0 Å². The van der Waals surface area contributed by atoms with E-state index in [0.29, 0.717) is 11.9 Å². The van der Waals surface area contributed by atoms with E-state index < -0.39 is 0 Å². The molecule has 1 aliphatic rings. The molecule has 1 aliphatic carbocycles. The standard InChI is InChI=1S/C9H15N3S/c1-5-8(10)12-13-9(5)11-6(2)7-3-4-7/h6-7,11H,3-4H2,1-2H3,(H2,10,12). The van der Waals surface area contributed by atoms with Crippen LogP contribution in [0.3, 0.4) is 0 Å². The maximum Gasteiger partial charge on any atom is 0.142 e. The fraction of sp³-hybridized carbons (Fsp3) is 0.667. The first-order valence-corrected chi connectivity index (χ1v) is 5.44. The molecule has 1 aromatic rings. The topological polar surface area (TPSA) is 50.9 Å². The van der Waals surface area contributed by atoms with Crippen LogP contribution in [0.25, 0.3) is 0 Å². The van der Waals surface area contributed by atoms with Gasteiger partial charge in [0.05, 0.1) is 0 Å². The summed E-state index contributed by atoms with van der Waals surface area (Å²) >= 11 is 1.46. The van der Waals surface area contributed by atoms with Crippen LogP contribution in [-0.2, 0) is 0 Å². The van der Waals surface area contributed by atoms with Gasteiger partial charge in [-0.2, -0.15) is 4.37 Å². The molecule has 0 saturated heterocycles. The second-order valence-corrected chi connectivity index (χ2v) is 4.57. The van der Waals surface area contributed by atoms with Gasteiger partial charge in [-0.05, 0) is 44.1 Å². The first kappa shape index (κ1) is 8.81. The summed E-state index contributed by atoms with van der Waals surface area (Å²) in [7, 11) is 0. The van der Waals surface area contributed by atoms with Gasteiger partial charge in [0.1, 0.15) is 10.8 Å². The lowest BCUT2D eigenvalue weighted by atomic mass is 10.2. The molecule has 0 aromatic carbocycles. The second kappa shape index (κ2) is 3.18. The number of rotatable bonds is 3. The Morgan fingerprint density at radius 2 is 2.31 bits per heavy atom. The lowest BCUT2D eigenvalue weighted by molar-refractivity contribution is 0.696. The fourth-order valence-electron chi connectivity index (χ4n) is 1.40. The van der Waals surface area contributed by atoms with Crippen molar-refractivity contribution in [1.82, 2.24) is 4.37 Å². The highest BCUT2D eigenvalue weighted by atomic mass is 32.1. The fourth-order valence-corrected chi connectivity index (χ4v) is 2.21. The molecule has 3 nitrogen and oxygen atoms in total. The van der Waals surface area contributed by atoms with Gasteiger partial charge >= 0.3 is 0 Å². The van der Waals surface area contributed by atoms with Gasteiger partial charge < -0.3 is 11.1 Å². The van der Waals surface area contributed by atoms with E-state index in [1.165, 1.54) is 24.4 Å². The van der Waals surface area contributed by atoms with Crippen molar-refractivity contribution in [3.8, 4) is 0 Å². The van der Waals surface area contributed by atoms with Crippen LogP contribution >= 0.6 is 11.5 Å². The summed E-state index contributed by atoms with van der Waals surface area (Å²) in [6.07, 6.45) is 2.73. The van der Waals surface area contributed by atoms with Crippen molar-refractivity contribution in [2.45, 2.75) is 32.7 Å². The first-order chi connectivity index (χ1) is 6.18. The summed E-state index contributed by atoms with van der Waals surface area (Å²) in [4.78, 5) is 0. The van der Waals surface area contributed by atoms with Crippen molar-refractivity contribution in [2.75, 3.05) is 11.1 Å². The Balaban J connectivity index is 2.03. The van der Waals surface area contributed by atoms with E-state index in [2.05, 4.69) is 16.6 Å². The van der Waals surface area contributed by atoms with Crippen LogP contribution in [0.15, 0.2) is 0 Å². The van der Waals surface area contributed by atoms with Crippen LogP contribution in [0, 0.1) is 12.8 Å². The Bertz CT molecular complexity index is 304.